The zero-order valence-electron chi connectivity index (χ0n) is 24.4. The van der Waals surface area contributed by atoms with Crippen molar-refractivity contribution in [3.63, 3.8) is 0 Å². The van der Waals surface area contributed by atoms with Crippen LogP contribution >= 0.6 is 0 Å². The highest BCUT2D eigenvalue weighted by atomic mass is 16.6. The normalized spacial score (nSPS) is 12.8. The molecule has 8 nitrogen and oxygen atoms in total. The maximum Gasteiger partial charge on any atom is 0.410 e. The standard InChI is InChI=1S/C33H38N2O6/c1-33(2,3)41-32(38)35(20-22-6-7-22)21-23-8-14-26(15-9-23)34-31(37)19-29(36)25-12-10-24(11-13-25)28-17-16-27(39-4)18-30(28)40-5/h8-18,22H,6-7,19-21H2,1-5H3,(H,34,37). The van der Waals surface area contributed by atoms with E-state index in [0.29, 0.717) is 41.8 Å². The molecule has 0 aliphatic heterocycles. The van der Waals surface area contributed by atoms with Crippen molar-refractivity contribution in [1.82, 2.24) is 4.90 Å². The molecule has 1 fully saturated rings. The molecule has 0 heterocycles. The number of rotatable bonds is 11. The SMILES string of the molecule is COc1ccc(-c2ccc(C(=O)CC(=O)Nc3ccc(CN(CC4CC4)C(=O)OC(C)(C)C)cc3)cc2)c(OC)c1. The van der Waals surface area contributed by atoms with Crippen LogP contribution in [0.1, 0.15) is 56.0 Å². The minimum Gasteiger partial charge on any atom is -0.497 e. The molecule has 1 saturated carbocycles. The van der Waals surface area contributed by atoms with Crippen molar-refractivity contribution >= 4 is 23.5 Å². The largest absolute Gasteiger partial charge is 0.497 e. The quantitative estimate of drug-likeness (QED) is 0.207. The third kappa shape index (κ3) is 8.58. The Bertz CT molecular complexity index is 1370. The van der Waals surface area contributed by atoms with E-state index >= 15 is 0 Å². The second kappa shape index (κ2) is 12.9. The van der Waals surface area contributed by atoms with Crippen molar-refractivity contribution in [3.05, 3.63) is 77.9 Å². The van der Waals surface area contributed by atoms with Gasteiger partial charge in [0.05, 0.1) is 20.6 Å². The molecule has 8 heteroatoms. The van der Waals surface area contributed by atoms with E-state index in [2.05, 4.69) is 5.32 Å². The Kier molecular flexibility index (Phi) is 9.32. The fourth-order valence-corrected chi connectivity index (χ4v) is 4.38. The van der Waals surface area contributed by atoms with E-state index in [4.69, 9.17) is 14.2 Å². The first-order valence-corrected chi connectivity index (χ1v) is 13.8. The first kappa shape index (κ1) is 29.6. The average molecular weight is 559 g/mol. The number of nitrogens with zero attached hydrogens (tertiary/aromatic N) is 1. The minimum absolute atomic E-state index is 0.277. The van der Waals surface area contributed by atoms with Crippen LogP contribution in [0.25, 0.3) is 11.1 Å². The second-order valence-electron chi connectivity index (χ2n) is 11.3. The fraction of sp³-hybridized carbons (Fsp3) is 0.364. The molecule has 0 bridgehead atoms. The molecule has 2 amide bonds. The number of nitrogens with one attached hydrogen (secondary N) is 1. The number of Topliss-reactive ketones (excluding diaryl/α,β-unsaturated/α-hetero) is 1. The van der Waals surface area contributed by atoms with Gasteiger partial charge < -0.3 is 24.4 Å². The van der Waals surface area contributed by atoms with Crippen molar-refractivity contribution in [2.24, 2.45) is 5.92 Å². The van der Waals surface area contributed by atoms with Crippen LogP contribution in [-0.2, 0) is 16.1 Å². The van der Waals surface area contributed by atoms with Gasteiger partial charge in [0.1, 0.15) is 17.1 Å². The Labute approximate surface area is 241 Å². The van der Waals surface area contributed by atoms with Gasteiger partial charge in [-0.1, -0.05) is 36.4 Å². The summed E-state index contributed by atoms with van der Waals surface area (Å²) in [5.41, 5.74) is 3.16. The van der Waals surface area contributed by atoms with Gasteiger partial charge in [-0.15, -0.1) is 0 Å². The number of hydrogen-bond acceptors (Lipinski definition) is 6. The molecule has 1 N–H and O–H groups in total. The van der Waals surface area contributed by atoms with Gasteiger partial charge in [-0.05, 0) is 74.9 Å². The third-order valence-electron chi connectivity index (χ3n) is 6.69. The first-order chi connectivity index (χ1) is 19.5. The highest BCUT2D eigenvalue weighted by Gasteiger charge is 2.29. The van der Waals surface area contributed by atoms with Crippen LogP contribution in [0.15, 0.2) is 66.7 Å². The molecule has 0 saturated heterocycles. The molecule has 0 spiro atoms. The zero-order chi connectivity index (χ0) is 29.6. The smallest absolute Gasteiger partial charge is 0.410 e. The Morgan fingerprint density at radius 3 is 2.17 bits per heavy atom. The van der Waals surface area contributed by atoms with E-state index < -0.39 is 11.5 Å². The lowest BCUT2D eigenvalue weighted by atomic mass is 10.0. The molecule has 1 aliphatic rings. The van der Waals surface area contributed by atoms with Crippen LogP contribution in [0.4, 0.5) is 10.5 Å². The monoisotopic (exact) mass is 558 g/mol. The van der Waals surface area contributed by atoms with Crippen molar-refractivity contribution in [1.29, 1.82) is 0 Å². The molecule has 0 aromatic heterocycles. The van der Waals surface area contributed by atoms with E-state index in [1.165, 1.54) is 0 Å². The highest BCUT2D eigenvalue weighted by Crippen LogP contribution is 2.33. The molecule has 4 rings (SSSR count). The predicted octanol–water partition coefficient (Wildman–Crippen LogP) is 6.73. The Morgan fingerprint density at radius 1 is 0.902 bits per heavy atom. The molecular weight excluding hydrogens is 520 g/mol. The van der Waals surface area contributed by atoms with Gasteiger partial charge in [-0.25, -0.2) is 4.79 Å². The summed E-state index contributed by atoms with van der Waals surface area (Å²) in [5.74, 6) is 1.21. The third-order valence-corrected chi connectivity index (χ3v) is 6.69. The molecule has 3 aromatic rings. The number of hydrogen-bond donors (Lipinski definition) is 1. The van der Waals surface area contributed by atoms with Gasteiger partial charge in [-0.3, -0.25) is 9.59 Å². The summed E-state index contributed by atoms with van der Waals surface area (Å²) >= 11 is 0. The number of carbonyl (C=O) groups excluding carboxylic acids is 3. The molecule has 1 aliphatic carbocycles. The van der Waals surface area contributed by atoms with Crippen LogP contribution in [-0.4, -0.2) is 49.0 Å². The van der Waals surface area contributed by atoms with Gasteiger partial charge in [0, 0.05) is 36.0 Å². The van der Waals surface area contributed by atoms with Crippen LogP contribution < -0.4 is 14.8 Å². The van der Waals surface area contributed by atoms with Crippen LogP contribution in [0.5, 0.6) is 11.5 Å². The van der Waals surface area contributed by atoms with E-state index in [1.54, 1.807) is 49.5 Å². The maximum atomic E-state index is 12.8. The zero-order valence-corrected chi connectivity index (χ0v) is 24.4. The number of carbonyl (C=O) groups is 3. The molecule has 0 atom stereocenters. The summed E-state index contributed by atoms with van der Waals surface area (Å²) in [6.07, 6.45) is 1.66. The highest BCUT2D eigenvalue weighted by molar-refractivity contribution is 6.11. The van der Waals surface area contributed by atoms with Gasteiger partial charge >= 0.3 is 6.09 Å². The van der Waals surface area contributed by atoms with Gasteiger partial charge in [0.15, 0.2) is 5.78 Å². The van der Waals surface area contributed by atoms with E-state index in [0.717, 1.165) is 29.5 Å². The lowest BCUT2D eigenvalue weighted by Crippen LogP contribution is -2.37. The number of ketones is 1. The van der Waals surface area contributed by atoms with Crippen LogP contribution in [0, 0.1) is 5.92 Å². The van der Waals surface area contributed by atoms with Crippen LogP contribution in [0.3, 0.4) is 0 Å². The number of ether oxygens (including phenoxy) is 3. The Balaban J connectivity index is 1.32. The number of amides is 2. The van der Waals surface area contributed by atoms with Crippen molar-refractivity contribution < 1.29 is 28.6 Å². The van der Waals surface area contributed by atoms with Gasteiger partial charge in [0.2, 0.25) is 5.91 Å². The Hall–Kier alpha value is -4.33. The number of benzene rings is 3. The van der Waals surface area contributed by atoms with Gasteiger partial charge in [-0.2, -0.15) is 0 Å². The molecule has 3 aromatic carbocycles. The van der Waals surface area contributed by atoms with Crippen molar-refractivity contribution in [2.75, 3.05) is 26.1 Å². The maximum absolute atomic E-state index is 12.8. The lowest BCUT2D eigenvalue weighted by molar-refractivity contribution is -0.115. The van der Waals surface area contributed by atoms with Crippen LogP contribution in [0.2, 0.25) is 0 Å². The topological polar surface area (TPSA) is 94.2 Å². The predicted molar refractivity (Wildman–Crippen MR) is 158 cm³/mol. The number of anilines is 1. The molecular formula is C33H38N2O6. The molecule has 0 radical (unpaired) electrons. The average Bonchev–Trinajstić information content (AvgIpc) is 3.76. The molecule has 216 valence electrons. The summed E-state index contributed by atoms with van der Waals surface area (Å²) in [6, 6.07) is 19.9. The fourth-order valence-electron chi connectivity index (χ4n) is 4.38. The Morgan fingerprint density at radius 2 is 1.59 bits per heavy atom. The second-order valence-corrected chi connectivity index (χ2v) is 11.3. The number of methoxy groups -OCH3 is 2. The van der Waals surface area contributed by atoms with Gasteiger partial charge in [0.25, 0.3) is 0 Å². The van der Waals surface area contributed by atoms with E-state index in [-0.39, 0.29) is 18.3 Å². The van der Waals surface area contributed by atoms with Crippen molar-refractivity contribution in [3.8, 4) is 22.6 Å². The van der Waals surface area contributed by atoms with E-state index in [9.17, 15) is 14.4 Å². The molecule has 41 heavy (non-hydrogen) atoms. The summed E-state index contributed by atoms with van der Waals surface area (Å²) in [6.45, 7) is 6.67. The summed E-state index contributed by atoms with van der Waals surface area (Å²) < 4.78 is 16.3. The minimum atomic E-state index is -0.559. The summed E-state index contributed by atoms with van der Waals surface area (Å²) in [4.78, 5) is 39.8. The van der Waals surface area contributed by atoms with Crippen molar-refractivity contribution in [2.45, 2.75) is 52.2 Å². The molecule has 0 unspecified atom stereocenters. The summed E-state index contributed by atoms with van der Waals surface area (Å²) in [5, 5.41) is 2.79. The summed E-state index contributed by atoms with van der Waals surface area (Å²) in [7, 11) is 3.19. The lowest BCUT2D eigenvalue weighted by Gasteiger charge is -2.27. The van der Waals surface area contributed by atoms with E-state index in [1.807, 2.05) is 57.2 Å². The first-order valence-electron chi connectivity index (χ1n) is 13.8.